The second-order valence-corrected chi connectivity index (χ2v) is 5.36. The van der Waals surface area contributed by atoms with Crippen LogP contribution in [0.2, 0.25) is 5.02 Å². The molecule has 0 saturated heterocycles. The van der Waals surface area contributed by atoms with Crippen LogP contribution in [0.3, 0.4) is 0 Å². The summed E-state index contributed by atoms with van der Waals surface area (Å²) in [5.74, 6) is -4.29. The van der Waals surface area contributed by atoms with Gasteiger partial charge in [-0.25, -0.2) is 14.0 Å². The van der Waals surface area contributed by atoms with Crippen LogP contribution in [0.25, 0.3) is 17.2 Å². The SMILES string of the molecule is Cc1ccc(-n2c(-c3nonc3NC(=O)C(F)(F)F)noc2=O)cc1Cl. The Morgan fingerprint density at radius 3 is 2.65 bits per heavy atom. The summed E-state index contributed by atoms with van der Waals surface area (Å²) in [7, 11) is 0. The summed E-state index contributed by atoms with van der Waals surface area (Å²) in [6, 6.07) is 4.53. The highest BCUT2D eigenvalue weighted by Gasteiger charge is 2.40. The highest BCUT2D eigenvalue weighted by molar-refractivity contribution is 6.31. The van der Waals surface area contributed by atoms with E-state index in [0.717, 1.165) is 10.1 Å². The molecular formula is C13H7ClF3N5O4. The molecule has 13 heteroatoms. The standard InChI is InChI=1S/C13H7ClF3N5O4/c1-5-2-3-6(4-7(5)14)22-10(21-25-12(22)24)8-9(20-26-19-8)18-11(23)13(15,16)17/h2-4H,1H3,(H,18,20,23). The Bertz CT molecular complexity index is 1040. The van der Waals surface area contributed by atoms with Gasteiger partial charge in [-0.2, -0.15) is 13.2 Å². The maximum absolute atomic E-state index is 12.4. The number of nitrogens with zero attached hydrogens (tertiary/aromatic N) is 4. The van der Waals surface area contributed by atoms with Gasteiger partial charge in [0.25, 0.3) is 0 Å². The molecule has 1 N–H and O–H groups in total. The quantitative estimate of drug-likeness (QED) is 0.730. The van der Waals surface area contributed by atoms with Crippen molar-refractivity contribution in [3.05, 3.63) is 39.3 Å². The molecule has 0 radical (unpaired) electrons. The number of aromatic nitrogens is 4. The topological polar surface area (TPSA) is 116 Å². The third-order valence-electron chi connectivity index (χ3n) is 3.21. The number of amides is 1. The van der Waals surface area contributed by atoms with Gasteiger partial charge in [-0.05, 0) is 34.9 Å². The minimum absolute atomic E-state index is 0.206. The zero-order valence-electron chi connectivity index (χ0n) is 12.7. The average Bonchev–Trinajstić information content (AvgIpc) is 3.15. The number of aryl methyl sites for hydroxylation is 1. The van der Waals surface area contributed by atoms with Crippen molar-refractivity contribution in [3.63, 3.8) is 0 Å². The first-order valence-electron chi connectivity index (χ1n) is 6.75. The zero-order valence-corrected chi connectivity index (χ0v) is 13.4. The van der Waals surface area contributed by atoms with Crippen LogP contribution in [-0.4, -0.2) is 32.1 Å². The van der Waals surface area contributed by atoms with Gasteiger partial charge in [0, 0.05) is 5.02 Å². The molecule has 9 nitrogen and oxygen atoms in total. The minimum atomic E-state index is -5.16. The normalized spacial score (nSPS) is 11.6. The lowest BCUT2D eigenvalue weighted by molar-refractivity contribution is -0.167. The molecule has 26 heavy (non-hydrogen) atoms. The largest absolute Gasteiger partial charge is 0.471 e. The van der Waals surface area contributed by atoms with Crippen molar-refractivity contribution in [2.45, 2.75) is 13.1 Å². The Hall–Kier alpha value is -3.15. The predicted molar refractivity (Wildman–Crippen MR) is 79.8 cm³/mol. The smallest absolute Gasteiger partial charge is 0.298 e. The van der Waals surface area contributed by atoms with Gasteiger partial charge in [-0.15, -0.1) is 0 Å². The zero-order chi connectivity index (χ0) is 19.1. The summed E-state index contributed by atoms with van der Waals surface area (Å²) in [5.41, 5.74) is 0.491. The summed E-state index contributed by atoms with van der Waals surface area (Å²) in [6.45, 7) is 1.73. The number of hydrogen-bond donors (Lipinski definition) is 1. The number of benzene rings is 1. The van der Waals surface area contributed by atoms with Crippen LogP contribution in [0.15, 0.2) is 32.1 Å². The summed E-state index contributed by atoms with van der Waals surface area (Å²) in [6.07, 6.45) is -5.16. The molecule has 0 bridgehead atoms. The Labute approximate surface area is 146 Å². The highest BCUT2D eigenvalue weighted by atomic mass is 35.5. The molecule has 0 atom stereocenters. The number of rotatable bonds is 3. The summed E-state index contributed by atoms with van der Waals surface area (Å²) >= 11 is 6.02. The first-order chi connectivity index (χ1) is 12.2. The molecule has 2 aromatic heterocycles. The van der Waals surface area contributed by atoms with Crippen LogP contribution in [0.1, 0.15) is 5.56 Å². The van der Waals surface area contributed by atoms with E-state index in [1.54, 1.807) is 13.0 Å². The lowest BCUT2D eigenvalue weighted by atomic mass is 10.2. The van der Waals surface area contributed by atoms with Gasteiger partial charge in [-0.1, -0.05) is 22.8 Å². The summed E-state index contributed by atoms with van der Waals surface area (Å²) < 4.78 is 47.0. The number of hydrogen-bond acceptors (Lipinski definition) is 7. The number of anilines is 1. The Morgan fingerprint density at radius 1 is 1.27 bits per heavy atom. The highest BCUT2D eigenvalue weighted by Crippen LogP contribution is 2.27. The van der Waals surface area contributed by atoms with Crippen molar-refractivity contribution in [1.29, 1.82) is 0 Å². The monoisotopic (exact) mass is 389 g/mol. The fourth-order valence-corrected chi connectivity index (χ4v) is 2.12. The first kappa shape index (κ1) is 17.7. The van der Waals surface area contributed by atoms with E-state index in [2.05, 4.69) is 24.6 Å². The molecule has 0 unspecified atom stereocenters. The lowest BCUT2D eigenvalue weighted by Gasteiger charge is -2.07. The van der Waals surface area contributed by atoms with Crippen molar-refractivity contribution >= 4 is 23.3 Å². The van der Waals surface area contributed by atoms with E-state index < -0.39 is 29.4 Å². The molecule has 0 saturated carbocycles. The molecule has 3 aromatic rings. The van der Waals surface area contributed by atoms with Gasteiger partial charge in [0.05, 0.1) is 5.69 Å². The molecule has 2 heterocycles. The van der Waals surface area contributed by atoms with Gasteiger partial charge in [0.2, 0.25) is 11.6 Å². The van der Waals surface area contributed by atoms with E-state index in [9.17, 15) is 22.8 Å². The van der Waals surface area contributed by atoms with Crippen LogP contribution in [0, 0.1) is 6.92 Å². The fraction of sp³-hybridized carbons (Fsp3) is 0.154. The Kier molecular flexibility index (Phi) is 4.28. The maximum atomic E-state index is 12.4. The van der Waals surface area contributed by atoms with Gasteiger partial charge >= 0.3 is 17.8 Å². The summed E-state index contributed by atoms with van der Waals surface area (Å²) in [5, 5.41) is 11.8. The van der Waals surface area contributed by atoms with E-state index in [1.807, 2.05) is 0 Å². The Morgan fingerprint density at radius 2 is 2.00 bits per heavy atom. The molecular weight excluding hydrogens is 383 g/mol. The van der Waals surface area contributed by atoms with Gasteiger partial charge < -0.3 is 0 Å². The second kappa shape index (κ2) is 6.29. The molecule has 136 valence electrons. The van der Waals surface area contributed by atoms with Gasteiger partial charge in [0.15, 0.2) is 5.69 Å². The van der Waals surface area contributed by atoms with Crippen LogP contribution in [0.4, 0.5) is 19.0 Å². The number of halogens is 4. The molecule has 0 aliphatic carbocycles. The van der Waals surface area contributed by atoms with Crippen LogP contribution in [0.5, 0.6) is 0 Å². The van der Waals surface area contributed by atoms with E-state index in [4.69, 9.17) is 11.6 Å². The molecule has 0 spiro atoms. The molecule has 3 rings (SSSR count). The van der Waals surface area contributed by atoms with Crippen molar-refractivity contribution in [3.8, 4) is 17.2 Å². The third-order valence-corrected chi connectivity index (χ3v) is 3.62. The number of alkyl halides is 3. The van der Waals surface area contributed by atoms with E-state index in [1.165, 1.54) is 17.4 Å². The van der Waals surface area contributed by atoms with Crippen molar-refractivity contribution in [1.82, 2.24) is 20.0 Å². The fourth-order valence-electron chi connectivity index (χ4n) is 1.94. The number of nitrogens with one attached hydrogen (secondary N) is 1. The van der Waals surface area contributed by atoms with Crippen LogP contribution in [-0.2, 0) is 4.79 Å². The molecule has 0 aliphatic heterocycles. The van der Waals surface area contributed by atoms with Gasteiger partial charge in [0.1, 0.15) is 0 Å². The van der Waals surface area contributed by atoms with E-state index in [-0.39, 0.29) is 11.5 Å². The maximum Gasteiger partial charge on any atom is 0.471 e. The lowest BCUT2D eigenvalue weighted by Crippen LogP contribution is -2.30. The van der Waals surface area contributed by atoms with Gasteiger partial charge in [-0.3, -0.25) is 14.6 Å². The molecule has 1 aromatic carbocycles. The predicted octanol–water partition coefficient (Wildman–Crippen LogP) is 2.34. The average molecular weight is 390 g/mol. The van der Waals surface area contributed by atoms with Crippen molar-refractivity contribution < 1.29 is 27.1 Å². The summed E-state index contributed by atoms with van der Waals surface area (Å²) in [4.78, 5) is 23.1. The Balaban J connectivity index is 2.08. The molecule has 0 fully saturated rings. The van der Waals surface area contributed by atoms with E-state index in [0.29, 0.717) is 5.02 Å². The third kappa shape index (κ3) is 3.18. The molecule has 0 aliphatic rings. The van der Waals surface area contributed by atoms with E-state index >= 15 is 0 Å². The van der Waals surface area contributed by atoms with Crippen LogP contribution >= 0.6 is 11.6 Å². The first-order valence-corrected chi connectivity index (χ1v) is 7.12. The van der Waals surface area contributed by atoms with Crippen LogP contribution < -0.4 is 11.1 Å². The molecule has 1 amide bonds. The number of carbonyl (C=O) groups is 1. The number of carbonyl (C=O) groups excluding carboxylic acids is 1. The van der Waals surface area contributed by atoms with Crippen molar-refractivity contribution in [2.24, 2.45) is 0 Å². The minimum Gasteiger partial charge on any atom is -0.298 e. The van der Waals surface area contributed by atoms with Crippen molar-refractivity contribution in [2.75, 3.05) is 5.32 Å². The second-order valence-electron chi connectivity index (χ2n) is 4.95.